The molecule has 136 valence electrons. The molecule has 0 unspecified atom stereocenters. The minimum atomic E-state index is -0.791. The molecule has 2 aromatic carbocycles. The number of halogens is 2. The molecule has 0 saturated carbocycles. The maximum absolute atomic E-state index is 13.6. The van der Waals surface area contributed by atoms with E-state index in [-0.39, 0.29) is 11.4 Å². The second-order valence-electron chi connectivity index (χ2n) is 5.37. The zero-order valence-electron chi connectivity index (χ0n) is 14.2. The Kier molecular flexibility index (Phi) is 6.43. The van der Waals surface area contributed by atoms with Gasteiger partial charge in [0.2, 0.25) is 0 Å². The van der Waals surface area contributed by atoms with Crippen molar-refractivity contribution in [1.29, 1.82) is 0 Å². The lowest BCUT2D eigenvalue weighted by molar-refractivity contribution is -0.142. The van der Waals surface area contributed by atoms with Crippen molar-refractivity contribution in [3.05, 3.63) is 65.2 Å². The molecule has 0 fully saturated rings. The molecule has 0 bridgehead atoms. The minimum Gasteiger partial charge on any atom is -0.494 e. The molecule has 0 heterocycles. The van der Waals surface area contributed by atoms with Crippen LogP contribution in [0.15, 0.2) is 42.5 Å². The van der Waals surface area contributed by atoms with Gasteiger partial charge in [-0.1, -0.05) is 12.1 Å². The number of rotatable bonds is 6. The lowest BCUT2D eigenvalue weighted by atomic mass is 10.2. The number of nitrogens with one attached hydrogen (secondary N) is 1. The van der Waals surface area contributed by atoms with E-state index in [9.17, 15) is 18.4 Å². The van der Waals surface area contributed by atoms with Crippen LogP contribution in [-0.4, -0.2) is 25.6 Å². The molecule has 0 radical (unpaired) electrons. The highest BCUT2D eigenvalue weighted by Gasteiger charge is 2.09. The van der Waals surface area contributed by atoms with Crippen molar-refractivity contribution in [2.45, 2.75) is 6.92 Å². The number of carbonyl (C=O) groups excluding carboxylic acids is 2. The summed E-state index contributed by atoms with van der Waals surface area (Å²) >= 11 is 0. The minimum absolute atomic E-state index is 0.000833. The average molecular weight is 361 g/mol. The topological polar surface area (TPSA) is 64.6 Å². The number of hydrogen-bond donors (Lipinski definition) is 1. The third kappa shape index (κ3) is 5.41. The third-order valence-electron chi connectivity index (χ3n) is 3.33. The van der Waals surface area contributed by atoms with Gasteiger partial charge in [-0.3, -0.25) is 4.79 Å². The van der Waals surface area contributed by atoms with Crippen LogP contribution < -0.4 is 10.1 Å². The first-order valence-corrected chi connectivity index (χ1v) is 7.63. The van der Waals surface area contributed by atoms with Gasteiger partial charge >= 0.3 is 5.97 Å². The number of ether oxygens (including phenoxy) is 2. The van der Waals surface area contributed by atoms with Gasteiger partial charge in [0.05, 0.1) is 12.8 Å². The summed E-state index contributed by atoms with van der Waals surface area (Å²) in [7, 11) is 1.35. The van der Waals surface area contributed by atoms with Crippen LogP contribution in [0.4, 0.5) is 14.5 Å². The summed E-state index contributed by atoms with van der Waals surface area (Å²) in [5.41, 5.74) is 1.14. The Bertz CT molecular complexity index is 849. The van der Waals surface area contributed by atoms with Crippen LogP contribution in [0.1, 0.15) is 11.1 Å². The Hall–Kier alpha value is -3.22. The fraction of sp³-hybridized carbons (Fsp3) is 0.158. The van der Waals surface area contributed by atoms with E-state index >= 15 is 0 Å². The molecule has 0 aliphatic carbocycles. The van der Waals surface area contributed by atoms with Crippen molar-refractivity contribution < 1.29 is 27.8 Å². The van der Waals surface area contributed by atoms with Gasteiger partial charge in [-0.15, -0.1) is 0 Å². The van der Waals surface area contributed by atoms with Crippen LogP contribution in [0.2, 0.25) is 0 Å². The summed E-state index contributed by atoms with van der Waals surface area (Å²) in [4.78, 5) is 23.3. The molecule has 7 heteroatoms. The van der Waals surface area contributed by atoms with Gasteiger partial charge in [-0.05, 0) is 48.4 Å². The van der Waals surface area contributed by atoms with E-state index in [2.05, 4.69) is 5.32 Å². The SMILES string of the molecule is COc1ccc(/C=C/C(=O)OCC(=O)Nc2ccc(C)cc2F)cc1F. The Labute approximate surface area is 149 Å². The first-order valence-electron chi connectivity index (χ1n) is 7.63. The molecule has 2 aromatic rings. The van der Waals surface area contributed by atoms with E-state index < -0.39 is 30.1 Å². The number of aryl methyl sites for hydroxylation is 1. The normalized spacial score (nSPS) is 10.6. The van der Waals surface area contributed by atoms with E-state index in [1.807, 2.05) is 0 Å². The van der Waals surface area contributed by atoms with Gasteiger partial charge in [0.25, 0.3) is 5.91 Å². The fourth-order valence-corrected chi connectivity index (χ4v) is 2.04. The highest BCUT2D eigenvalue weighted by Crippen LogP contribution is 2.18. The monoisotopic (exact) mass is 361 g/mol. The first kappa shape index (κ1) is 19.1. The van der Waals surface area contributed by atoms with E-state index in [1.165, 1.54) is 37.5 Å². The summed E-state index contributed by atoms with van der Waals surface area (Å²) in [5, 5.41) is 2.31. The molecule has 0 atom stereocenters. The van der Waals surface area contributed by atoms with E-state index in [0.717, 1.165) is 6.08 Å². The van der Waals surface area contributed by atoms with Gasteiger partial charge in [0.1, 0.15) is 5.82 Å². The Morgan fingerprint density at radius 3 is 2.54 bits per heavy atom. The van der Waals surface area contributed by atoms with Crippen molar-refractivity contribution in [2.75, 3.05) is 19.0 Å². The molecule has 1 N–H and O–H groups in total. The summed E-state index contributed by atoms with van der Waals surface area (Å²) in [6.07, 6.45) is 2.39. The number of anilines is 1. The Morgan fingerprint density at radius 1 is 1.12 bits per heavy atom. The van der Waals surface area contributed by atoms with Crippen molar-refractivity contribution >= 4 is 23.6 Å². The first-order chi connectivity index (χ1) is 12.4. The van der Waals surface area contributed by atoms with E-state index in [0.29, 0.717) is 11.1 Å². The molecule has 0 spiro atoms. The maximum atomic E-state index is 13.6. The Balaban J connectivity index is 1.86. The number of esters is 1. The number of methoxy groups -OCH3 is 1. The second kappa shape index (κ2) is 8.75. The summed E-state index contributed by atoms with van der Waals surface area (Å²) in [5.74, 6) is -2.52. The second-order valence-corrected chi connectivity index (χ2v) is 5.37. The number of hydrogen-bond acceptors (Lipinski definition) is 4. The van der Waals surface area contributed by atoms with Crippen LogP contribution in [0.3, 0.4) is 0 Å². The molecule has 0 aliphatic heterocycles. The summed E-state index contributed by atoms with van der Waals surface area (Å²) < 4.78 is 36.7. The van der Waals surface area contributed by atoms with Crippen LogP contribution in [0, 0.1) is 18.6 Å². The van der Waals surface area contributed by atoms with Crippen molar-refractivity contribution in [1.82, 2.24) is 0 Å². The molecule has 1 amide bonds. The lowest BCUT2D eigenvalue weighted by Gasteiger charge is -2.07. The smallest absolute Gasteiger partial charge is 0.331 e. The largest absolute Gasteiger partial charge is 0.494 e. The van der Waals surface area contributed by atoms with Gasteiger partial charge in [0.15, 0.2) is 18.2 Å². The fourth-order valence-electron chi connectivity index (χ4n) is 2.04. The van der Waals surface area contributed by atoms with Gasteiger partial charge < -0.3 is 14.8 Å². The maximum Gasteiger partial charge on any atom is 0.331 e. The third-order valence-corrected chi connectivity index (χ3v) is 3.33. The van der Waals surface area contributed by atoms with Crippen LogP contribution in [-0.2, 0) is 14.3 Å². The predicted molar refractivity (Wildman–Crippen MR) is 92.7 cm³/mol. The van der Waals surface area contributed by atoms with Crippen molar-refractivity contribution in [3.8, 4) is 5.75 Å². The molecule has 26 heavy (non-hydrogen) atoms. The van der Waals surface area contributed by atoms with E-state index in [1.54, 1.807) is 19.1 Å². The highest BCUT2D eigenvalue weighted by atomic mass is 19.1. The number of amides is 1. The predicted octanol–water partition coefficient (Wildman–Crippen LogP) is 3.48. The van der Waals surface area contributed by atoms with Gasteiger partial charge in [0, 0.05) is 6.08 Å². The average Bonchev–Trinajstić information content (AvgIpc) is 2.60. The summed E-state index contributed by atoms with van der Waals surface area (Å²) in [6, 6.07) is 8.50. The van der Waals surface area contributed by atoms with Gasteiger partial charge in [-0.2, -0.15) is 0 Å². The highest BCUT2D eigenvalue weighted by molar-refractivity contribution is 5.94. The van der Waals surface area contributed by atoms with Crippen molar-refractivity contribution in [3.63, 3.8) is 0 Å². The molecule has 0 aliphatic rings. The van der Waals surface area contributed by atoms with Crippen LogP contribution in [0.5, 0.6) is 5.75 Å². The number of benzene rings is 2. The molecule has 0 aromatic heterocycles. The molecular formula is C19H17F2NO4. The standard InChI is InChI=1S/C19H17F2NO4/c1-12-3-6-16(14(20)9-12)22-18(23)11-26-19(24)8-5-13-4-7-17(25-2)15(21)10-13/h3-10H,11H2,1-2H3,(H,22,23)/b8-5+. The zero-order valence-corrected chi connectivity index (χ0v) is 14.2. The molecule has 0 saturated heterocycles. The summed E-state index contributed by atoms with van der Waals surface area (Å²) in [6.45, 7) is 1.14. The van der Waals surface area contributed by atoms with Crippen molar-refractivity contribution in [2.24, 2.45) is 0 Å². The molecular weight excluding hydrogens is 344 g/mol. The zero-order chi connectivity index (χ0) is 19.1. The van der Waals surface area contributed by atoms with Crippen LogP contribution in [0.25, 0.3) is 6.08 Å². The molecule has 5 nitrogen and oxygen atoms in total. The number of carbonyl (C=O) groups is 2. The Morgan fingerprint density at radius 2 is 1.88 bits per heavy atom. The van der Waals surface area contributed by atoms with E-state index in [4.69, 9.17) is 9.47 Å². The van der Waals surface area contributed by atoms with Crippen LogP contribution >= 0.6 is 0 Å². The lowest BCUT2D eigenvalue weighted by Crippen LogP contribution is -2.20. The van der Waals surface area contributed by atoms with Gasteiger partial charge in [-0.25, -0.2) is 13.6 Å². The molecule has 2 rings (SSSR count). The quantitative estimate of drug-likeness (QED) is 0.632.